The lowest BCUT2D eigenvalue weighted by molar-refractivity contribution is 0.301. The average molecular weight is 299 g/mol. The molecule has 20 heavy (non-hydrogen) atoms. The quantitative estimate of drug-likeness (QED) is 0.611. The molecule has 0 N–H and O–H groups in total. The normalized spacial score (nSPS) is 14.2. The summed E-state index contributed by atoms with van der Waals surface area (Å²) < 4.78 is 34.7. The van der Waals surface area contributed by atoms with Crippen molar-refractivity contribution in [3.05, 3.63) is 29.6 Å². The molecule has 0 aliphatic rings. The topological polar surface area (TPSA) is 44.6 Å². The predicted molar refractivity (Wildman–Crippen MR) is 82.3 cm³/mol. The van der Waals surface area contributed by atoms with E-state index >= 15 is 0 Å². The first-order valence-electron chi connectivity index (χ1n) is 6.65. The molecule has 0 aliphatic heterocycles. The Labute approximate surface area is 123 Å². The molecule has 0 radical (unpaired) electrons. The van der Waals surface area contributed by atoms with Crippen LogP contribution in [0.15, 0.2) is 22.6 Å². The van der Waals surface area contributed by atoms with Crippen LogP contribution in [0.5, 0.6) is 5.75 Å². The van der Waals surface area contributed by atoms with Crippen LogP contribution in [0.25, 0.3) is 0 Å². The third-order valence-corrected chi connectivity index (χ3v) is 4.04. The molecular formula is C15H22FNO2S. The van der Waals surface area contributed by atoms with Crippen molar-refractivity contribution in [2.24, 2.45) is 4.40 Å². The zero-order valence-electron chi connectivity index (χ0n) is 12.7. The molecule has 0 aliphatic carbocycles. The van der Waals surface area contributed by atoms with E-state index in [0.717, 1.165) is 12.0 Å². The van der Waals surface area contributed by atoms with Crippen LogP contribution in [-0.2, 0) is 11.4 Å². The summed E-state index contributed by atoms with van der Waals surface area (Å²) in [5, 5.41) is 0. The third-order valence-electron chi connectivity index (χ3n) is 2.55. The molecule has 0 fully saturated rings. The molecule has 0 heterocycles. The molecule has 5 heteroatoms. The van der Waals surface area contributed by atoms with Crippen molar-refractivity contribution in [3.63, 3.8) is 0 Å². The number of benzene rings is 1. The van der Waals surface area contributed by atoms with E-state index in [1.807, 2.05) is 27.7 Å². The monoisotopic (exact) mass is 299 g/mol. The summed E-state index contributed by atoms with van der Waals surface area (Å²) in [7, 11) is 0. The highest BCUT2D eigenvalue weighted by Gasteiger charge is 2.26. The van der Waals surface area contributed by atoms with E-state index in [1.54, 1.807) is 19.1 Å². The highest BCUT2D eigenvalue weighted by molar-refractivity contribution is 7.91. The zero-order chi connectivity index (χ0) is 15.3. The molecule has 112 valence electrons. The summed E-state index contributed by atoms with van der Waals surface area (Å²) in [6.45, 7) is 9.77. The summed E-state index contributed by atoms with van der Waals surface area (Å²) in [4.78, 5) is 0. The maximum Gasteiger partial charge on any atom is 0.165 e. The fourth-order valence-corrected chi connectivity index (χ4v) is 1.99. The molecule has 0 saturated carbocycles. The van der Waals surface area contributed by atoms with Gasteiger partial charge in [0.2, 0.25) is 0 Å². The van der Waals surface area contributed by atoms with Crippen molar-refractivity contribution in [2.75, 3.05) is 6.61 Å². The third kappa shape index (κ3) is 4.80. The fraction of sp³-hybridized carbons (Fsp3) is 0.533. The van der Waals surface area contributed by atoms with Gasteiger partial charge >= 0.3 is 0 Å². The summed E-state index contributed by atoms with van der Waals surface area (Å²) in [5.74, 6) is -0.188. The zero-order valence-corrected chi connectivity index (χ0v) is 13.5. The van der Waals surface area contributed by atoms with E-state index in [1.165, 1.54) is 6.07 Å². The lowest BCUT2D eigenvalue weighted by Crippen LogP contribution is -2.26. The van der Waals surface area contributed by atoms with Gasteiger partial charge in [0, 0.05) is 5.56 Å². The van der Waals surface area contributed by atoms with Gasteiger partial charge in [-0.2, -0.15) is 0 Å². The van der Waals surface area contributed by atoms with Gasteiger partial charge in [0.1, 0.15) is 16.1 Å². The van der Waals surface area contributed by atoms with Gasteiger partial charge < -0.3 is 9.29 Å². The standard InChI is InChI=1S/C15H22FNO2S/c1-6-9-19-14-10-12(7-8-13(14)16)11(2)17-20(18)15(3,4)5/h7-8,10H,6,9H2,1-5H3/b17-11+/t20-/m0/s1. The number of nitrogens with zero attached hydrogens (tertiary/aromatic N) is 1. The van der Waals surface area contributed by atoms with Crippen LogP contribution in [0, 0.1) is 5.82 Å². The Balaban J connectivity index is 2.99. The SMILES string of the molecule is CCCOc1cc(/C(C)=N/[S@@+]([O-])C(C)(C)C)ccc1F. The van der Waals surface area contributed by atoms with Crippen LogP contribution >= 0.6 is 0 Å². The first kappa shape index (κ1) is 17.0. The fourth-order valence-electron chi connectivity index (χ4n) is 1.37. The molecular weight excluding hydrogens is 277 g/mol. The van der Waals surface area contributed by atoms with Gasteiger partial charge in [-0.25, -0.2) is 4.39 Å². The van der Waals surface area contributed by atoms with Gasteiger partial charge in [0.05, 0.1) is 12.3 Å². The maximum atomic E-state index is 13.6. The van der Waals surface area contributed by atoms with E-state index in [0.29, 0.717) is 12.3 Å². The lowest BCUT2D eigenvalue weighted by Gasteiger charge is -2.18. The number of ether oxygens (including phenoxy) is 1. The number of halogens is 1. The smallest absolute Gasteiger partial charge is 0.165 e. The lowest BCUT2D eigenvalue weighted by atomic mass is 10.1. The molecule has 1 atom stereocenters. The molecule has 0 unspecified atom stereocenters. The van der Waals surface area contributed by atoms with E-state index in [4.69, 9.17) is 4.74 Å². The second kappa shape index (κ2) is 7.09. The van der Waals surface area contributed by atoms with Gasteiger partial charge in [-0.3, -0.25) is 0 Å². The maximum absolute atomic E-state index is 13.6. The number of rotatable bonds is 5. The number of hydrogen-bond acceptors (Lipinski definition) is 3. The minimum Gasteiger partial charge on any atom is -0.591 e. The van der Waals surface area contributed by atoms with Gasteiger partial charge in [0.15, 0.2) is 11.6 Å². The Morgan fingerprint density at radius 3 is 2.60 bits per heavy atom. The first-order valence-corrected chi connectivity index (χ1v) is 7.76. The molecule has 0 spiro atoms. The molecule has 0 amide bonds. The summed E-state index contributed by atoms with van der Waals surface area (Å²) in [6, 6.07) is 4.57. The summed E-state index contributed by atoms with van der Waals surface area (Å²) in [6.07, 6.45) is 0.810. The highest BCUT2D eigenvalue weighted by Crippen LogP contribution is 2.22. The molecule has 3 nitrogen and oxygen atoms in total. The van der Waals surface area contributed by atoms with E-state index in [-0.39, 0.29) is 5.75 Å². The minimum atomic E-state index is -1.33. The van der Waals surface area contributed by atoms with Crippen LogP contribution < -0.4 is 4.74 Å². The van der Waals surface area contributed by atoms with Crippen molar-refractivity contribution in [2.45, 2.75) is 45.8 Å². The molecule has 0 saturated heterocycles. The van der Waals surface area contributed by atoms with Crippen molar-refractivity contribution in [3.8, 4) is 5.75 Å². The summed E-state index contributed by atoms with van der Waals surface area (Å²) >= 11 is -1.33. The Bertz CT molecular complexity index is 483. The van der Waals surface area contributed by atoms with Crippen molar-refractivity contribution in [1.82, 2.24) is 0 Å². The molecule has 1 rings (SSSR count). The van der Waals surface area contributed by atoms with Crippen molar-refractivity contribution >= 4 is 17.1 Å². The van der Waals surface area contributed by atoms with E-state index in [9.17, 15) is 8.94 Å². The van der Waals surface area contributed by atoms with Crippen LogP contribution in [-0.4, -0.2) is 21.6 Å². The van der Waals surface area contributed by atoms with Crippen molar-refractivity contribution in [1.29, 1.82) is 0 Å². The molecule has 0 bridgehead atoms. The van der Waals surface area contributed by atoms with Gasteiger partial charge in [-0.05, 0) is 52.3 Å². The van der Waals surface area contributed by atoms with Crippen LogP contribution in [0.4, 0.5) is 4.39 Å². The first-order chi connectivity index (χ1) is 9.25. The van der Waals surface area contributed by atoms with Crippen molar-refractivity contribution < 1.29 is 13.7 Å². The van der Waals surface area contributed by atoms with E-state index in [2.05, 4.69) is 4.40 Å². The number of hydrogen-bond donors (Lipinski definition) is 0. The van der Waals surface area contributed by atoms with Crippen LogP contribution in [0.3, 0.4) is 0 Å². The van der Waals surface area contributed by atoms with E-state index < -0.39 is 21.9 Å². The molecule has 1 aromatic rings. The Hall–Kier alpha value is -1.07. The second-order valence-corrected chi connectivity index (χ2v) is 7.44. The molecule has 1 aromatic carbocycles. The highest BCUT2D eigenvalue weighted by atomic mass is 32.2. The Morgan fingerprint density at radius 1 is 1.40 bits per heavy atom. The van der Waals surface area contributed by atoms with Gasteiger partial charge in [-0.15, -0.1) is 0 Å². The minimum absolute atomic E-state index is 0.209. The van der Waals surface area contributed by atoms with Crippen LogP contribution in [0.1, 0.15) is 46.6 Å². The average Bonchev–Trinajstić information content (AvgIpc) is 2.36. The largest absolute Gasteiger partial charge is 0.591 e. The Kier molecular flexibility index (Phi) is 6.02. The predicted octanol–water partition coefficient (Wildman–Crippen LogP) is 3.89. The molecule has 0 aromatic heterocycles. The van der Waals surface area contributed by atoms with Gasteiger partial charge in [0.25, 0.3) is 0 Å². The Morgan fingerprint density at radius 2 is 2.05 bits per heavy atom. The summed E-state index contributed by atoms with van der Waals surface area (Å²) in [5.41, 5.74) is 1.33. The van der Waals surface area contributed by atoms with Crippen LogP contribution in [0.2, 0.25) is 0 Å². The second-order valence-electron chi connectivity index (χ2n) is 5.53. The van der Waals surface area contributed by atoms with Gasteiger partial charge in [-0.1, -0.05) is 11.3 Å².